The Hall–Kier alpha value is -3.28. The van der Waals surface area contributed by atoms with Gasteiger partial charge in [0.15, 0.2) is 0 Å². The molecule has 41 heavy (non-hydrogen) atoms. The van der Waals surface area contributed by atoms with Crippen LogP contribution in [-0.4, -0.2) is 57.7 Å². The highest BCUT2D eigenvalue weighted by Gasteiger charge is 2.33. The van der Waals surface area contributed by atoms with Crippen LogP contribution in [0.15, 0.2) is 34.7 Å². The van der Waals surface area contributed by atoms with Crippen molar-refractivity contribution in [1.82, 2.24) is 15.0 Å². The van der Waals surface area contributed by atoms with Gasteiger partial charge < -0.3 is 19.6 Å². The van der Waals surface area contributed by atoms with Crippen LogP contribution in [-0.2, 0) is 31.7 Å². The van der Waals surface area contributed by atoms with Gasteiger partial charge in [-0.25, -0.2) is 18.1 Å². The zero-order valence-corrected chi connectivity index (χ0v) is 24.9. The molecule has 1 unspecified atom stereocenters. The molecule has 1 aliphatic carbocycles. The Balaban J connectivity index is 1.59. The number of benzene rings is 1. The molecule has 222 valence electrons. The van der Waals surface area contributed by atoms with Crippen molar-refractivity contribution in [3.8, 4) is 11.3 Å². The number of amides is 1. The first-order valence-electron chi connectivity index (χ1n) is 14.0. The average molecular weight is 586 g/mol. The highest BCUT2D eigenvalue weighted by atomic mass is 32.2. The van der Waals surface area contributed by atoms with Gasteiger partial charge in [-0.15, -0.1) is 0 Å². The Labute approximate surface area is 240 Å². The van der Waals surface area contributed by atoms with Crippen LogP contribution >= 0.6 is 0 Å². The molecule has 1 fully saturated rings. The van der Waals surface area contributed by atoms with Crippen molar-refractivity contribution in [1.29, 1.82) is 0 Å². The fourth-order valence-electron chi connectivity index (χ4n) is 4.99. The number of hydrogen-bond acceptors (Lipinski definition) is 7. The minimum absolute atomic E-state index is 0.110. The topological polar surface area (TPSA) is 148 Å². The Morgan fingerprint density at radius 2 is 1.90 bits per heavy atom. The number of aliphatic carboxylic acids is 1. The Kier molecular flexibility index (Phi) is 9.51. The molecule has 0 saturated heterocycles. The summed E-state index contributed by atoms with van der Waals surface area (Å²) in [5.74, 6) is -1.01. The second-order valence-corrected chi connectivity index (χ2v) is 12.8. The molecule has 0 spiro atoms. The summed E-state index contributed by atoms with van der Waals surface area (Å²) in [4.78, 5) is 29.4. The highest BCUT2D eigenvalue weighted by Crippen LogP contribution is 2.44. The first-order chi connectivity index (χ1) is 19.5. The number of carboxylic acids is 1. The Morgan fingerprint density at radius 1 is 1.20 bits per heavy atom. The smallest absolute Gasteiger partial charge is 0.309 e. The van der Waals surface area contributed by atoms with Gasteiger partial charge >= 0.3 is 5.97 Å². The minimum Gasteiger partial charge on any atom is -0.481 e. The fourth-order valence-corrected chi connectivity index (χ4v) is 6.14. The number of nitrogens with zero attached hydrogens (tertiary/aromatic N) is 1. The van der Waals surface area contributed by atoms with E-state index in [1.165, 1.54) is 7.11 Å². The standard InChI is InChI=1S/C30H39N3O7S/c1-5-19-7-9-21(10-8-19)26-25(27(34)31-3)23-17-22(20-11-12-20)24(33-28(23)40-26)18-41(37,38)32-15-6-13-30(2,29(35)36)14-16-39-4/h7-10,17,20,32H,5-6,11-16,18H2,1-4H3,(H,31,34)(H,35,36). The van der Waals surface area contributed by atoms with E-state index in [9.17, 15) is 23.1 Å². The number of pyridine rings is 1. The van der Waals surface area contributed by atoms with E-state index in [0.29, 0.717) is 48.3 Å². The first kappa shape index (κ1) is 30.7. The van der Waals surface area contributed by atoms with E-state index < -0.39 is 21.4 Å². The van der Waals surface area contributed by atoms with Crippen LogP contribution in [0.1, 0.15) is 79.0 Å². The van der Waals surface area contributed by atoms with Crippen LogP contribution in [0.25, 0.3) is 22.4 Å². The van der Waals surface area contributed by atoms with Gasteiger partial charge in [-0.3, -0.25) is 9.59 Å². The lowest BCUT2D eigenvalue weighted by molar-refractivity contribution is -0.149. The predicted molar refractivity (Wildman–Crippen MR) is 156 cm³/mol. The molecule has 1 aliphatic rings. The number of rotatable bonds is 15. The largest absolute Gasteiger partial charge is 0.481 e. The maximum atomic E-state index is 13.1. The monoisotopic (exact) mass is 585 g/mol. The van der Waals surface area contributed by atoms with Crippen molar-refractivity contribution in [3.05, 3.63) is 52.7 Å². The zero-order chi connectivity index (χ0) is 29.8. The van der Waals surface area contributed by atoms with E-state index in [1.54, 1.807) is 14.0 Å². The second-order valence-electron chi connectivity index (χ2n) is 11.0. The van der Waals surface area contributed by atoms with Crippen molar-refractivity contribution >= 4 is 33.0 Å². The molecular weight excluding hydrogens is 546 g/mol. The summed E-state index contributed by atoms with van der Waals surface area (Å²) in [6.45, 7) is 4.13. The van der Waals surface area contributed by atoms with Crippen LogP contribution in [0.2, 0.25) is 0 Å². The molecule has 3 N–H and O–H groups in total. The molecule has 2 heterocycles. The quantitative estimate of drug-likeness (QED) is 0.219. The van der Waals surface area contributed by atoms with Crippen molar-refractivity contribution in [2.24, 2.45) is 5.41 Å². The summed E-state index contributed by atoms with van der Waals surface area (Å²) in [6.07, 6.45) is 3.73. The average Bonchev–Trinajstić information content (AvgIpc) is 3.73. The number of nitrogens with one attached hydrogen (secondary N) is 2. The number of ether oxygens (including phenoxy) is 1. The van der Waals surface area contributed by atoms with Gasteiger partial charge in [0.1, 0.15) is 11.5 Å². The van der Waals surface area contributed by atoms with Crippen LogP contribution in [0.3, 0.4) is 0 Å². The molecule has 0 bridgehead atoms. The number of fused-ring (bicyclic) bond motifs is 1. The summed E-state index contributed by atoms with van der Waals surface area (Å²) in [5, 5.41) is 12.9. The molecule has 0 radical (unpaired) electrons. The van der Waals surface area contributed by atoms with Crippen LogP contribution < -0.4 is 10.0 Å². The van der Waals surface area contributed by atoms with Crippen LogP contribution in [0.5, 0.6) is 0 Å². The van der Waals surface area contributed by atoms with E-state index in [1.807, 2.05) is 30.3 Å². The lowest BCUT2D eigenvalue weighted by Crippen LogP contribution is -2.32. The van der Waals surface area contributed by atoms with E-state index >= 15 is 0 Å². The van der Waals surface area contributed by atoms with Crippen molar-refractivity contribution in [2.45, 2.75) is 64.0 Å². The molecule has 3 aromatic rings. The summed E-state index contributed by atoms with van der Waals surface area (Å²) in [6, 6.07) is 9.64. The third-order valence-corrected chi connectivity index (χ3v) is 9.12. The zero-order valence-electron chi connectivity index (χ0n) is 24.1. The minimum atomic E-state index is -3.78. The molecule has 0 aliphatic heterocycles. The summed E-state index contributed by atoms with van der Waals surface area (Å²) in [7, 11) is -0.699. The molecule has 1 amide bonds. The maximum absolute atomic E-state index is 13.1. The van der Waals surface area contributed by atoms with Gasteiger partial charge in [0.05, 0.1) is 22.1 Å². The molecule has 11 heteroatoms. The van der Waals surface area contributed by atoms with Crippen molar-refractivity contribution < 1.29 is 32.3 Å². The van der Waals surface area contributed by atoms with Gasteiger partial charge in [0.25, 0.3) is 5.91 Å². The summed E-state index contributed by atoms with van der Waals surface area (Å²) in [5.41, 5.74) is 2.69. The summed E-state index contributed by atoms with van der Waals surface area (Å²) >= 11 is 0. The SMILES string of the molecule is CCc1ccc(-c2oc3nc(CS(=O)(=O)NCCCC(C)(CCOC)C(=O)O)c(C4CC4)cc3c2C(=O)NC)cc1. The molecule has 1 saturated carbocycles. The van der Waals surface area contributed by atoms with Gasteiger partial charge in [-0.2, -0.15) is 0 Å². The number of carbonyl (C=O) groups excluding carboxylic acids is 1. The van der Waals surface area contributed by atoms with Gasteiger partial charge in [0.2, 0.25) is 15.7 Å². The number of aromatic nitrogens is 1. The molecule has 1 aromatic carbocycles. The summed E-state index contributed by atoms with van der Waals surface area (Å²) < 4.78 is 39.9. The number of sulfonamides is 1. The van der Waals surface area contributed by atoms with Gasteiger partial charge in [-0.1, -0.05) is 31.2 Å². The fraction of sp³-hybridized carbons (Fsp3) is 0.500. The third-order valence-electron chi connectivity index (χ3n) is 7.82. The number of carbonyl (C=O) groups is 2. The molecule has 1 atom stereocenters. The van der Waals surface area contributed by atoms with Gasteiger partial charge in [0, 0.05) is 32.9 Å². The molecule has 4 rings (SSSR count). The highest BCUT2D eigenvalue weighted by molar-refractivity contribution is 7.88. The maximum Gasteiger partial charge on any atom is 0.309 e. The van der Waals surface area contributed by atoms with E-state index in [-0.39, 0.29) is 29.8 Å². The third kappa shape index (κ3) is 7.14. The van der Waals surface area contributed by atoms with Crippen molar-refractivity contribution in [3.63, 3.8) is 0 Å². The predicted octanol–water partition coefficient (Wildman–Crippen LogP) is 4.62. The lowest BCUT2D eigenvalue weighted by atomic mass is 9.82. The number of methoxy groups -OCH3 is 1. The van der Waals surface area contributed by atoms with Crippen LogP contribution in [0, 0.1) is 5.41 Å². The lowest BCUT2D eigenvalue weighted by Gasteiger charge is -2.24. The number of aryl methyl sites for hydroxylation is 1. The van der Waals surface area contributed by atoms with Gasteiger partial charge in [-0.05, 0) is 68.6 Å². The number of furan rings is 1. The van der Waals surface area contributed by atoms with Crippen LogP contribution in [0.4, 0.5) is 0 Å². The molecule has 10 nitrogen and oxygen atoms in total. The number of hydrogen-bond donors (Lipinski definition) is 3. The Bertz CT molecular complexity index is 1510. The first-order valence-corrected chi connectivity index (χ1v) is 15.6. The molecular formula is C30H39N3O7S. The van der Waals surface area contributed by atoms with E-state index in [0.717, 1.165) is 36.0 Å². The molecule has 2 aromatic heterocycles. The number of carboxylic acid groups (broad SMARTS) is 1. The normalized spacial score (nSPS) is 15.1. The van der Waals surface area contributed by atoms with Crippen molar-refractivity contribution in [2.75, 3.05) is 27.3 Å². The van der Waals surface area contributed by atoms with E-state index in [4.69, 9.17) is 9.15 Å². The second kappa shape index (κ2) is 12.7. The Morgan fingerprint density at radius 3 is 2.49 bits per heavy atom. The van der Waals surface area contributed by atoms with E-state index in [2.05, 4.69) is 21.9 Å².